The van der Waals surface area contributed by atoms with Gasteiger partial charge < -0.3 is 0 Å². The lowest BCUT2D eigenvalue weighted by Crippen LogP contribution is -2.42. The summed E-state index contributed by atoms with van der Waals surface area (Å²) in [5.41, 5.74) is 3.52. The molecule has 0 aromatic heterocycles. The molecule has 0 spiro atoms. The van der Waals surface area contributed by atoms with Crippen LogP contribution in [-0.2, 0) is 0 Å². The predicted octanol–water partition coefficient (Wildman–Crippen LogP) is 19.8. The molecule has 70 heavy (non-hydrogen) atoms. The Kier molecular flexibility index (Phi) is 21.8. The van der Waals surface area contributed by atoms with E-state index in [0.717, 1.165) is 91.0 Å². The van der Waals surface area contributed by atoms with Crippen LogP contribution in [0.4, 0.5) is 0 Å². The van der Waals surface area contributed by atoms with E-state index in [9.17, 15) is 9.59 Å². The fraction of sp³-hybridized carbons (Fsp3) is 0.625. The minimum Gasteiger partial charge on any atom is -0.298 e. The van der Waals surface area contributed by atoms with E-state index in [0.29, 0.717) is 34.9 Å². The highest BCUT2D eigenvalue weighted by molar-refractivity contribution is 7.81. The van der Waals surface area contributed by atoms with Gasteiger partial charge in [0, 0.05) is 46.1 Å². The molecule has 2 atom stereocenters. The number of benzene rings is 5. The van der Waals surface area contributed by atoms with Crippen LogP contribution in [0, 0.1) is 11.8 Å². The van der Waals surface area contributed by atoms with Crippen molar-refractivity contribution in [3.05, 3.63) is 70.8 Å². The second-order valence-corrected chi connectivity index (χ2v) is 22.7. The zero-order valence-electron chi connectivity index (χ0n) is 44.3. The van der Waals surface area contributed by atoms with Crippen molar-refractivity contribution in [1.82, 2.24) is 9.80 Å². The number of rotatable bonds is 36. The zero-order valence-corrected chi connectivity index (χ0v) is 46.0. The second kappa shape index (κ2) is 28.1. The smallest absolute Gasteiger partial charge is 0.259 e. The Morgan fingerprint density at radius 3 is 0.843 bits per heavy atom. The number of carbonyl (C=O) groups excluding carboxylic acids is 2. The maximum Gasteiger partial charge on any atom is 0.259 e. The number of carbonyl (C=O) groups is 2. The van der Waals surface area contributed by atoms with E-state index < -0.39 is 0 Å². The molecule has 2 aliphatic heterocycles. The van der Waals surface area contributed by atoms with Gasteiger partial charge in [0.2, 0.25) is 0 Å². The molecule has 0 bridgehead atoms. The van der Waals surface area contributed by atoms with Crippen molar-refractivity contribution in [2.24, 2.45) is 11.8 Å². The fourth-order valence-electron chi connectivity index (χ4n) is 12.4. The van der Waals surface area contributed by atoms with Crippen LogP contribution in [-0.4, -0.2) is 44.7 Å². The molecule has 5 aromatic rings. The lowest BCUT2D eigenvalue weighted by molar-refractivity contribution is 0.0820. The van der Waals surface area contributed by atoms with Gasteiger partial charge in [-0.25, -0.2) is 0 Å². The standard InChI is InChI=1S/C64H90N2O2S2/c1-5-9-13-17-21-23-27-31-35-47(33-29-25-19-15-11-7-3)45-65-61(67)53-41-37-49-52-40-44-56-60-54(42-38-50(58(52)60)51-39-43-55(63(65)69)59(53)57(49)51)62(68)66(64(56)70)46-48(34-30-26-20-16-12-8-4)36-32-28-24-22-18-14-10-6-2/h37-44,47-48H,5-36,45-46H2,1-4H3. The molecule has 2 heterocycles. The van der Waals surface area contributed by atoms with Gasteiger partial charge >= 0.3 is 0 Å². The van der Waals surface area contributed by atoms with Crippen LogP contribution in [0.3, 0.4) is 0 Å². The van der Waals surface area contributed by atoms with Gasteiger partial charge in [0.15, 0.2) is 0 Å². The van der Waals surface area contributed by atoms with Crippen LogP contribution in [0.5, 0.6) is 0 Å². The van der Waals surface area contributed by atoms with E-state index in [1.807, 2.05) is 9.80 Å². The van der Waals surface area contributed by atoms with E-state index in [2.05, 4.69) is 76.2 Å². The summed E-state index contributed by atoms with van der Waals surface area (Å²) in [6.07, 6.45) is 41.1. The van der Waals surface area contributed by atoms with Crippen molar-refractivity contribution >= 4 is 89.3 Å². The highest BCUT2D eigenvalue weighted by Gasteiger charge is 2.36. The maximum atomic E-state index is 14.8. The Labute approximate surface area is 435 Å². The van der Waals surface area contributed by atoms with Gasteiger partial charge in [-0.1, -0.05) is 268 Å². The topological polar surface area (TPSA) is 40.6 Å². The monoisotopic (exact) mass is 983 g/mol. The molecule has 2 unspecified atom stereocenters. The van der Waals surface area contributed by atoms with E-state index in [4.69, 9.17) is 24.4 Å². The molecule has 0 saturated heterocycles. The highest BCUT2D eigenvalue weighted by atomic mass is 32.1. The molecule has 0 fully saturated rings. The average molecular weight is 984 g/mol. The third-order valence-corrected chi connectivity index (χ3v) is 17.4. The number of amides is 2. The first-order chi connectivity index (χ1) is 34.3. The number of nitrogens with zero attached hydrogens (tertiary/aromatic N) is 2. The lowest BCUT2D eigenvalue weighted by Gasteiger charge is -2.34. The van der Waals surface area contributed by atoms with Crippen LogP contribution in [0.25, 0.3) is 43.1 Å². The third kappa shape index (κ3) is 13.2. The largest absolute Gasteiger partial charge is 0.298 e. The van der Waals surface area contributed by atoms with Crippen LogP contribution in [0.1, 0.15) is 265 Å². The van der Waals surface area contributed by atoms with Crippen LogP contribution < -0.4 is 0 Å². The van der Waals surface area contributed by atoms with Gasteiger partial charge in [-0.05, 0) is 82.0 Å². The van der Waals surface area contributed by atoms with E-state index >= 15 is 0 Å². The first-order valence-electron chi connectivity index (χ1n) is 29.3. The van der Waals surface area contributed by atoms with Gasteiger partial charge in [0.25, 0.3) is 11.8 Å². The van der Waals surface area contributed by atoms with Crippen molar-refractivity contribution in [1.29, 1.82) is 0 Å². The van der Waals surface area contributed by atoms with Crippen molar-refractivity contribution in [2.45, 2.75) is 233 Å². The minimum atomic E-state index is 0.0503. The third-order valence-electron chi connectivity index (χ3n) is 16.5. The summed E-state index contributed by atoms with van der Waals surface area (Å²) in [7, 11) is 0. The van der Waals surface area contributed by atoms with Crippen LogP contribution >= 0.6 is 24.4 Å². The van der Waals surface area contributed by atoms with Gasteiger partial charge in [0.05, 0.1) is 0 Å². The van der Waals surface area contributed by atoms with Crippen molar-refractivity contribution in [3.63, 3.8) is 0 Å². The first kappa shape index (κ1) is 54.3. The van der Waals surface area contributed by atoms with Gasteiger partial charge in [-0.15, -0.1) is 0 Å². The summed E-state index contributed by atoms with van der Waals surface area (Å²) in [5.74, 6) is 0.989. The summed E-state index contributed by atoms with van der Waals surface area (Å²) in [6, 6.07) is 17.3. The van der Waals surface area contributed by atoms with E-state index in [1.54, 1.807) is 0 Å². The Hall–Kier alpha value is -3.48. The minimum absolute atomic E-state index is 0.0503. The molecular formula is C64H90N2O2S2. The summed E-state index contributed by atoms with van der Waals surface area (Å²) < 4.78 is 0. The Morgan fingerprint density at radius 1 is 0.329 bits per heavy atom. The molecule has 7 rings (SSSR count). The molecule has 0 N–H and O–H groups in total. The second-order valence-electron chi connectivity index (χ2n) is 22.0. The normalized spacial score (nSPS) is 14.7. The summed E-state index contributed by atoms with van der Waals surface area (Å²) in [5, 5.41) is 8.62. The van der Waals surface area contributed by atoms with Crippen LogP contribution in [0.2, 0.25) is 0 Å². The number of thiocarbonyl (C=S) groups is 2. The predicted molar refractivity (Wildman–Crippen MR) is 311 cm³/mol. The Morgan fingerprint density at radius 2 is 0.571 bits per heavy atom. The van der Waals surface area contributed by atoms with Crippen LogP contribution in [0.15, 0.2) is 48.5 Å². The van der Waals surface area contributed by atoms with Crippen molar-refractivity contribution in [3.8, 4) is 0 Å². The highest BCUT2D eigenvalue weighted by Crippen LogP contribution is 2.47. The molecule has 0 radical (unpaired) electrons. The Balaban J connectivity index is 1.11. The molecular weight excluding hydrogens is 893 g/mol. The van der Waals surface area contributed by atoms with E-state index in [-0.39, 0.29) is 11.8 Å². The molecule has 5 aromatic carbocycles. The SMILES string of the molecule is CCCCCCCCCCC(CCCCCCCC)CN1C(=O)c2ccc3c4ccc5c6c(ccc(c7ccc(c2c37)C1=S)c64)C(=O)N(CC(CCCCCCCC)CCCCCCCCCC)C5=S. The molecule has 2 amide bonds. The summed E-state index contributed by atoms with van der Waals surface area (Å²) >= 11 is 12.7. The Bertz CT molecular complexity index is 2200. The number of fused-ring (bicyclic) bond motifs is 2. The van der Waals surface area contributed by atoms with Gasteiger partial charge in [-0.3, -0.25) is 19.4 Å². The number of unbranched alkanes of at least 4 members (excludes halogenated alkanes) is 24. The first-order valence-corrected chi connectivity index (χ1v) is 30.1. The molecule has 4 nitrogen and oxygen atoms in total. The molecule has 6 heteroatoms. The van der Waals surface area contributed by atoms with Crippen molar-refractivity contribution < 1.29 is 9.59 Å². The zero-order chi connectivity index (χ0) is 49.2. The summed E-state index contributed by atoms with van der Waals surface area (Å²) in [4.78, 5) is 34.9. The maximum absolute atomic E-state index is 14.8. The molecule has 380 valence electrons. The van der Waals surface area contributed by atoms with Crippen molar-refractivity contribution in [2.75, 3.05) is 13.1 Å². The number of hydrogen-bond acceptors (Lipinski definition) is 4. The van der Waals surface area contributed by atoms with E-state index in [1.165, 1.54) is 180 Å². The molecule has 0 aliphatic carbocycles. The average Bonchev–Trinajstić information content (AvgIpc) is 3.37. The quantitative estimate of drug-likeness (QED) is 0.0174. The summed E-state index contributed by atoms with van der Waals surface area (Å²) in [6.45, 7) is 10.5. The van der Waals surface area contributed by atoms with Gasteiger partial charge in [-0.2, -0.15) is 0 Å². The van der Waals surface area contributed by atoms with Gasteiger partial charge in [0.1, 0.15) is 9.98 Å². The fourth-order valence-corrected chi connectivity index (χ4v) is 13.1. The lowest BCUT2D eigenvalue weighted by atomic mass is 9.82. The number of hydrogen-bond donors (Lipinski definition) is 0. The molecule has 0 saturated carbocycles. The molecule has 2 aliphatic rings.